The summed E-state index contributed by atoms with van der Waals surface area (Å²) in [6.07, 6.45) is 3.43. The van der Waals surface area contributed by atoms with E-state index in [1.165, 1.54) is 24.0 Å². The van der Waals surface area contributed by atoms with Crippen LogP contribution in [0.3, 0.4) is 0 Å². The van der Waals surface area contributed by atoms with Crippen molar-refractivity contribution in [3.63, 3.8) is 0 Å². The van der Waals surface area contributed by atoms with Crippen LogP contribution in [0.2, 0.25) is 0 Å². The van der Waals surface area contributed by atoms with Crippen molar-refractivity contribution in [2.45, 2.75) is 38.8 Å². The van der Waals surface area contributed by atoms with Crippen LogP contribution < -0.4 is 5.32 Å². The number of rotatable bonds is 6. The number of benzene rings is 1. The SMILES string of the molecule is CCc1ccc(CN(C)C(=O)CN2CCCC(NC)C2)cc1.Cl. The lowest BCUT2D eigenvalue weighted by atomic mass is 10.1. The molecule has 0 aromatic heterocycles. The van der Waals surface area contributed by atoms with Crippen LogP contribution in [0.1, 0.15) is 30.9 Å². The molecule has 1 amide bonds. The highest BCUT2D eigenvalue weighted by molar-refractivity contribution is 5.85. The minimum absolute atomic E-state index is 0. The van der Waals surface area contributed by atoms with E-state index in [0.717, 1.165) is 19.5 Å². The molecule has 1 N–H and O–H groups in total. The van der Waals surface area contributed by atoms with Gasteiger partial charge in [-0.25, -0.2) is 0 Å². The maximum absolute atomic E-state index is 12.4. The zero-order chi connectivity index (χ0) is 15.9. The molecule has 1 aliphatic rings. The molecule has 0 bridgehead atoms. The second-order valence-corrected chi connectivity index (χ2v) is 6.28. The van der Waals surface area contributed by atoms with E-state index in [2.05, 4.69) is 41.4 Å². The molecular formula is C18H30ClN3O. The van der Waals surface area contributed by atoms with Crippen LogP contribution in [-0.2, 0) is 17.8 Å². The Morgan fingerprint density at radius 2 is 1.96 bits per heavy atom. The minimum Gasteiger partial charge on any atom is -0.340 e. The van der Waals surface area contributed by atoms with Gasteiger partial charge in [-0.1, -0.05) is 31.2 Å². The number of nitrogens with zero attached hydrogens (tertiary/aromatic N) is 2. The summed E-state index contributed by atoms with van der Waals surface area (Å²) in [5, 5.41) is 3.32. The number of piperidine rings is 1. The smallest absolute Gasteiger partial charge is 0.236 e. The first-order valence-electron chi connectivity index (χ1n) is 8.33. The van der Waals surface area contributed by atoms with E-state index >= 15 is 0 Å². The van der Waals surface area contributed by atoms with Crippen molar-refractivity contribution in [3.05, 3.63) is 35.4 Å². The number of likely N-dealkylation sites (N-methyl/N-ethyl adjacent to an activating group) is 2. The molecule has 1 unspecified atom stereocenters. The second-order valence-electron chi connectivity index (χ2n) is 6.28. The highest BCUT2D eigenvalue weighted by Gasteiger charge is 2.21. The third-order valence-corrected chi connectivity index (χ3v) is 4.55. The minimum atomic E-state index is 0. The second kappa shape index (κ2) is 9.91. The Hall–Kier alpha value is -1.10. The van der Waals surface area contributed by atoms with Crippen LogP contribution in [-0.4, -0.2) is 55.5 Å². The number of carbonyl (C=O) groups is 1. The highest BCUT2D eigenvalue weighted by atomic mass is 35.5. The highest BCUT2D eigenvalue weighted by Crippen LogP contribution is 2.11. The standard InChI is InChI=1S/C18H29N3O.ClH/c1-4-15-7-9-16(10-8-15)12-20(3)18(22)14-21-11-5-6-17(13-21)19-2;/h7-10,17,19H,4-6,11-14H2,1-3H3;1H. The summed E-state index contributed by atoms with van der Waals surface area (Å²) in [5.74, 6) is 0.205. The Bertz CT molecular complexity index is 478. The molecule has 0 aliphatic carbocycles. The van der Waals surface area contributed by atoms with Gasteiger partial charge >= 0.3 is 0 Å². The van der Waals surface area contributed by atoms with Gasteiger partial charge in [-0.05, 0) is 44.0 Å². The summed E-state index contributed by atoms with van der Waals surface area (Å²) in [7, 11) is 3.90. The molecule has 0 saturated carbocycles. The number of nitrogens with one attached hydrogen (secondary N) is 1. The quantitative estimate of drug-likeness (QED) is 0.864. The molecule has 1 aromatic carbocycles. The average molecular weight is 340 g/mol. The molecule has 2 rings (SSSR count). The maximum Gasteiger partial charge on any atom is 0.236 e. The van der Waals surface area contributed by atoms with E-state index in [9.17, 15) is 4.79 Å². The molecule has 4 nitrogen and oxygen atoms in total. The normalized spacial score (nSPS) is 18.3. The van der Waals surface area contributed by atoms with Gasteiger partial charge < -0.3 is 10.2 Å². The Kier molecular flexibility index (Phi) is 8.59. The Morgan fingerprint density at radius 3 is 2.57 bits per heavy atom. The van der Waals surface area contributed by atoms with Gasteiger partial charge in [0.2, 0.25) is 5.91 Å². The van der Waals surface area contributed by atoms with Crippen molar-refractivity contribution < 1.29 is 4.79 Å². The number of carbonyl (C=O) groups excluding carboxylic acids is 1. The van der Waals surface area contributed by atoms with Gasteiger partial charge in [-0.15, -0.1) is 12.4 Å². The number of amides is 1. The van der Waals surface area contributed by atoms with Gasteiger partial charge in [-0.2, -0.15) is 0 Å². The van der Waals surface area contributed by atoms with Gasteiger partial charge in [0.25, 0.3) is 0 Å². The van der Waals surface area contributed by atoms with E-state index in [1.807, 2.05) is 19.0 Å². The number of halogens is 1. The monoisotopic (exact) mass is 339 g/mol. The molecule has 23 heavy (non-hydrogen) atoms. The fourth-order valence-electron chi connectivity index (χ4n) is 2.99. The maximum atomic E-state index is 12.4. The topological polar surface area (TPSA) is 35.6 Å². The molecule has 130 valence electrons. The van der Waals surface area contributed by atoms with E-state index in [0.29, 0.717) is 19.1 Å². The number of likely N-dealkylation sites (tertiary alicyclic amines) is 1. The summed E-state index contributed by atoms with van der Waals surface area (Å²) < 4.78 is 0. The molecule has 1 heterocycles. The largest absolute Gasteiger partial charge is 0.340 e. The first kappa shape index (κ1) is 19.9. The van der Waals surface area contributed by atoms with Crippen LogP contribution in [0, 0.1) is 0 Å². The summed E-state index contributed by atoms with van der Waals surface area (Å²) in [5.41, 5.74) is 2.53. The van der Waals surface area contributed by atoms with Gasteiger partial charge in [-0.3, -0.25) is 9.69 Å². The Labute approximate surface area is 146 Å². The zero-order valence-electron chi connectivity index (χ0n) is 14.5. The van der Waals surface area contributed by atoms with Gasteiger partial charge in [0.05, 0.1) is 6.54 Å². The molecule has 0 spiro atoms. The summed E-state index contributed by atoms with van der Waals surface area (Å²) >= 11 is 0. The van der Waals surface area contributed by atoms with E-state index in [-0.39, 0.29) is 18.3 Å². The van der Waals surface area contributed by atoms with E-state index < -0.39 is 0 Å². The van der Waals surface area contributed by atoms with Crippen molar-refractivity contribution in [1.82, 2.24) is 15.1 Å². The zero-order valence-corrected chi connectivity index (χ0v) is 15.4. The van der Waals surface area contributed by atoms with Crippen molar-refractivity contribution in [1.29, 1.82) is 0 Å². The molecule has 0 radical (unpaired) electrons. The Morgan fingerprint density at radius 1 is 1.30 bits per heavy atom. The molecular weight excluding hydrogens is 310 g/mol. The molecule has 1 saturated heterocycles. The summed E-state index contributed by atoms with van der Waals surface area (Å²) in [6.45, 7) is 5.37. The van der Waals surface area contributed by atoms with Crippen LogP contribution in [0.5, 0.6) is 0 Å². The molecule has 1 aliphatic heterocycles. The summed E-state index contributed by atoms with van der Waals surface area (Å²) in [6, 6.07) is 9.07. The third kappa shape index (κ3) is 6.13. The van der Waals surface area contributed by atoms with Crippen molar-refractivity contribution in [3.8, 4) is 0 Å². The molecule has 1 aromatic rings. The first-order valence-corrected chi connectivity index (χ1v) is 8.33. The van der Waals surface area contributed by atoms with Crippen molar-refractivity contribution in [2.75, 3.05) is 33.7 Å². The fourth-order valence-corrected chi connectivity index (χ4v) is 2.99. The van der Waals surface area contributed by atoms with Crippen LogP contribution >= 0.6 is 12.4 Å². The molecule has 5 heteroatoms. The van der Waals surface area contributed by atoms with E-state index in [4.69, 9.17) is 0 Å². The van der Waals surface area contributed by atoms with Crippen molar-refractivity contribution >= 4 is 18.3 Å². The lowest BCUT2D eigenvalue weighted by Gasteiger charge is -2.33. The van der Waals surface area contributed by atoms with Gasteiger partial charge in [0.15, 0.2) is 0 Å². The van der Waals surface area contributed by atoms with Crippen LogP contribution in [0.4, 0.5) is 0 Å². The molecule has 1 fully saturated rings. The third-order valence-electron chi connectivity index (χ3n) is 4.55. The summed E-state index contributed by atoms with van der Waals surface area (Å²) in [4.78, 5) is 16.5. The lowest BCUT2D eigenvalue weighted by molar-refractivity contribution is -0.132. The number of hydrogen-bond donors (Lipinski definition) is 1. The average Bonchev–Trinajstić information content (AvgIpc) is 2.55. The van der Waals surface area contributed by atoms with Crippen LogP contribution in [0.15, 0.2) is 24.3 Å². The molecule has 1 atom stereocenters. The van der Waals surface area contributed by atoms with E-state index in [1.54, 1.807) is 0 Å². The first-order chi connectivity index (χ1) is 10.6. The van der Waals surface area contributed by atoms with Crippen molar-refractivity contribution in [2.24, 2.45) is 0 Å². The predicted molar refractivity (Wildman–Crippen MR) is 98.1 cm³/mol. The number of aryl methyl sites for hydroxylation is 1. The van der Waals surface area contributed by atoms with Gasteiger partial charge in [0.1, 0.15) is 0 Å². The lowest BCUT2D eigenvalue weighted by Crippen LogP contribution is -2.48. The Balaban J connectivity index is 0.00000264. The fraction of sp³-hybridized carbons (Fsp3) is 0.611. The predicted octanol–water partition coefficient (Wildman–Crippen LogP) is 2.31. The number of hydrogen-bond acceptors (Lipinski definition) is 3. The van der Waals surface area contributed by atoms with Crippen LogP contribution in [0.25, 0.3) is 0 Å². The van der Waals surface area contributed by atoms with Gasteiger partial charge in [0, 0.05) is 26.2 Å².